The van der Waals surface area contributed by atoms with E-state index in [1.165, 1.54) is 17.5 Å². The molecule has 0 saturated carbocycles. The summed E-state index contributed by atoms with van der Waals surface area (Å²) in [5.41, 5.74) is 3.39. The molecule has 0 unspecified atom stereocenters. The van der Waals surface area contributed by atoms with Gasteiger partial charge in [0.05, 0.1) is 5.69 Å². The van der Waals surface area contributed by atoms with Crippen molar-refractivity contribution >= 4 is 5.91 Å². The minimum Gasteiger partial charge on any atom is -0.451 e. The van der Waals surface area contributed by atoms with Crippen LogP contribution in [0.2, 0.25) is 0 Å². The Morgan fingerprint density at radius 3 is 2.60 bits per heavy atom. The first kappa shape index (κ1) is 14.3. The Kier molecular flexibility index (Phi) is 5.35. The summed E-state index contributed by atoms with van der Waals surface area (Å²) in [5.74, 6) is 0.0769. The van der Waals surface area contributed by atoms with Gasteiger partial charge in [0.2, 0.25) is 5.91 Å². The summed E-state index contributed by atoms with van der Waals surface area (Å²) in [7, 11) is 0. The number of rotatable bonds is 7. The molecule has 1 aromatic carbocycles. The van der Waals surface area contributed by atoms with Gasteiger partial charge in [-0.05, 0) is 24.0 Å². The number of nitrogens with zero attached hydrogens (tertiary/aromatic N) is 1. The summed E-state index contributed by atoms with van der Waals surface area (Å²) in [6.45, 7) is 2.73. The molecule has 0 aliphatic carbocycles. The van der Waals surface area contributed by atoms with Crippen molar-refractivity contribution < 1.29 is 9.21 Å². The van der Waals surface area contributed by atoms with E-state index in [0.29, 0.717) is 19.4 Å². The summed E-state index contributed by atoms with van der Waals surface area (Å²) in [4.78, 5) is 15.7. The van der Waals surface area contributed by atoms with Crippen molar-refractivity contribution in [2.24, 2.45) is 0 Å². The number of hydrogen-bond acceptors (Lipinski definition) is 3. The summed E-state index contributed by atoms with van der Waals surface area (Å²) >= 11 is 0. The molecule has 0 bridgehead atoms. The standard InChI is InChI=1S/C16H20N2O2/c1-2-13-3-5-14(6-4-13)7-8-16(19)17-10-9-15-11-20-12-18-15/h3-6,11-12H,2,7-10H2,1H3,(H,17,19). The predicted octanol–water partition coefficient (Wildman–Crippen LogP) is 2.53. The van der Waals surface area contributed by atoms with Crippen LogP contribution in [0.3, 0.4) is 0 Å². The van der Waals surface area contributed by atoms with Gasteiger partial charge < -0.3 is 9.73 Å². The van der Waals surface area contributed by atoms with Gasteiger partial charge >= 0.3 is 0 Å². The molecular weight excluding hydrogens is 252 g/mol. The van der Waals surface area contributed by atoms with Crippen LogP contribution in [0, 0.1) is 0 Å². The highest BCUT2D eigenvalue weighted by Gasteiger charge is 2.03. The number of aromatic nitrogens is 1. The smallest absolute Gasteiger partial charge is 0.220 e. The third kappa shape index (κ3) is 4.53. The van der Waals surface area contributed by atoms with Crippen molar-refractivity contribution in [1.82, 2.24) is 10.3 Å². The molecule has 1 N–H and O–H groups in total. The number of nitrogens with one attached hydrogen (secondary N) is 1. The average molecular weight is 272 g/mol. The van der Waals surface area contributed by atoms with Gasteiger partial charge in [-0.2, -0.15) is 0 Å². The first-order valence-corrected chi connectivity index (χ1v) is 6.99. The van der Waals surface area contributed by atoms with E-state index in [9.17, 15) is 4.79 Å². The van der Waals surface area contributed by atoms with E-state index in [0.717, 1.165) is 18.5 Å². The summed E-state index contributed by atoms with van der Waals surface area (Å²) in [6.07, 6.45) is 6.04. The highest BCUT2D eigenvalue weighted by molar-refractivity contribution is 5.76. The van der Waals surface area contributed by atoms with Crippen LogP contribution >= 0.6 is 0 Å². The number of aryl methyl sites for hydroxylation is 2. The van der Waals surface area contributed by atoms with Crippen molar-refractivity contribution in [2.45, 2.75) is 32.6 Å². The molecule has 20 heavy (non-hydrogen) atoms. The fourth-order valence-electron chi connectivity index (χ4n) is 1.98. The van der Waals surface area contributed by atoms with Gasteiger partial charge in [-0.25, -0.2) is 4.98 Å². The van der Waals surface area contributed by atoms with E-state index >= 15 is 0 Å². The van der Waals surface area contributed by atoms with Gasteiger partial charge in [0.25, 0.3) is 0 Å². The highest BCUT2D eigenvalue weighted by Crippen LogP contribution is 2.07. The van der Waals surface area contributed by atoms with Gasteiger partial charge in [-0.15, -0.1) is 0 Å². The fourth-order valence-corrected chi connectivity index (χ4v) is 1.98. The number of carbonyl (C=O) groups is 1. The third-order valence-corrected chi connectivity index (χ3v) is 3.26. The zero-order chi connectivity index (χ0) is 14.2. The lowest BCUT2D eigenvalue weighted by Gasteiger charge is -2.05. The quantitative estimate of drug-likeness (QED) is 0.842. The number of amides is 1. The predicted molar refractivity (Wildman–Crippen MR) is 77.4 cm³/mol. The SMILES string of the molecule is CCc1ccc(CCC(=O)NCCc2cocn2)cc1. The molecule has 0 aliphatic heterocycles. The highest BCUT2D eigenvalue weighted by atomic mass is 16.3. The molecule has 0 spiro atoms. The lowest BCUT2D eigenvalue weighted by atomic mass is 10.1. The third-order valence-electron chi connectivity index (χ3n) is 3.26. The van der Waals surface area contributed by atoms with E-state index in [2.05, 4.69) is 41.5 Å². The monoisotopic (exact) mass is 272 g/mol. The molecule has 1 heterocycles. The summed E-state index contributed by atoms with van der Waals surface area (Å²) < 4.78 is 4.87. The van der Waals surface area contributed by atoms with E-state index in [1.54, 1.807) is 6.26 Å². The Morgan fingerprint density at radius 2 is 1.95 bits per heavy atom. The Balaban J connectivity index is 1.66. The van der Waals surface area contributed by atoms with Gasteiger partial charge in [0.1, 0.15) is 6.26 Å². The van der Waals surface area contributed by atoms with Crippen molar-refractivity contribution in [3.8, 4) is 0 Å². The number of oxazole rings is 1. The van der Waals surface area contributed by atoms with Crippen molar-refractivity contribution in [3.63, 3.8) is 0 Å². The normalized spacial score (nSPS) is 10.4. The molecule has 4 heteroatoms. The second kappa shape index (κ2) is 7.48. The maximum Gasteiger partial charge on any atom is 0.220 e. The van der Waals surface area contributed by atoms with Crippen LogP contribution in [-0.2, 0) is 24.1 Å². The van der Waals surface area contributed by atoms with Crippen molar-refractivity contribution in [3.05, 3.63) is 53.7 Å². The zero-order valence-corrected chi connectivity index (χ0v) is 11.8. The lowest BCUT2D eigenvalue weighted by Crippen LogP contribution is -2.25. The van der Waals surface area contributed by atoms with Gasteiger partial charge in [-0.1, -0.05) is 31.2 Å². The maximum absolute atomic E-state index is 11.7. The molecule has 0 aliphatic rings. The topological polar surface area (TPSA) is 55.1 Å². The molecule has 0 fully saturated rings. The molecule has 0 atom stereocenters. The number of carbonyl (C=O) groups excluding carboxylic acids is 1. The van der Waals surface area contributed by atoms with Crippen LogP contribution in [0.25, 0.3) is 0 Å². The Labute approximate surface area is 119 Å². The molecule has 1 amide bonds. The van der Waals surface area contributed by atoms with Gasteiger partial charge in [0.15, 0.2) is 6.39 Å². The van der Waals surface area contributed by atoms with Crippen LogP contribution < -0.4 is 5.32 Å². The molecule has 2 rings (SSSR count). The molecule has 1 aromatic heterocycles. The maximum atomic E-state index is 11.7. The Hall–Kier alpha value is -2.10. The first-order valence-electron chi connectivity index (χ1n) is 6.99. The minimum absolute atomic E-state index is 0.0769. The summed E-state index contributed by atoms with van der Waals surface area (Å²) in [6, 6.07) is 8.44. The van der Waals surface area contributed by atoms with E-state index in [4.69, 9.17) is 4.42 Å². The molecule has 0 saturated heterocycles. The van der Waals surface area contributed by atoms with Crippen LogP contribution in [0.1, 0.15) is 30.2 Å². The molecule has 106 valence electrons. The van der Waals surface area contributed by atoms with Gasteiger partial charge in [0, 0.05) is 19.4 Å². The Morgan fingerprint density at radius 1 is 1.20 bits per heavy atom. The summed E-state index contributed by atoms with van der Waals surface area (Å²) in [5, 5.41) is 2.89. The average Bonchev–Trinajstić information content (AvgIpc) is 2.99. The first-order chi connectivity index (χ1) is 9.78. The number of hydrogen-bond donors (Lipinski definition) is 1. The minimum atomic E-state index is 0.0769. The molecule has 2 aromatic rings. The number of benzene rings is 1. The van der Waals surface area contributed by atoms with Gasteiger partial charge in [-0.3, -0.25) is 4.79 Å². The Bertz CT molecular complexity index is 518. The second-order valence-corrected chi connectivity index (χ2v) is 4.75. The van der Waals surface area contributed by atoms with Crippen molar-refractivity contribution in [2.75, 3.05) is 6.54 Å². The zero-order valence-electron chi connectivity index (χ0n) is 11.8. The van der Waals surface area contributed by atoms with E-state index < -0.39 is 0 Å². The van der Waals surface area contributed by atoms with Crippen LogP contribution in [0.4, 0.5) is 0 Å². The molecule has 0 radical (unpaired) electrons. The second-order valence-electron chi connectivity index (χ2n) is 4.75. The van der Waals surface area contributed by atoms with Crippen LogP contribution in [0.15, 0.2) is 41.3 Å². The van der Waals surface area contributed by atoms with Crippen molar-refractivity contribution in [1.29, 1.82) is 0 Å². The largest absolute Gasteiger partial charge is 0.451 e. The van der Waals surface area contributed by atoms with Crippen LogP contribution in [0.5, 0.6) is 0 Å². The lowest BCUT2D eigenvalue weighted by molar-refractivity contribution is -0.121. The van der Waals surface area contributed by atoms with Crippen LogP contribution in [-0.4, -0.2) is 17.4 Å². The van der Waals surface area contributed by atoms with E-state index in [-0.39, 0.29) is 5.91 Å². The molecule has 4 nitrogen and oxygen atoms in total. The fraction of sp³-hybridized carbons (Fsp3) is 0.375. The van der Waals surface area contributed by atoms with E-state index in [1.807, 2.05) is 0 Å². The molecular formula is C16H20N2O2.